The first-order valence-electron chi connectivity index (χ1n) is 7.95. The van der Waals surface area contributed by atoms with Crippen molar-refractivity contribution in [1.29, 1.82) is 0 Å². The van der Waals surface area contributed by atoms with E-state index in [9.17, 15) is 4.79 Å². The van der Waals surface area contributed by atoms with Gasteiger partial charge in [-0.05, 0) is 30.7 Å². The Hall–Kier alpha value is -2.62. The molecule has 0 aliphatic heterocycles. The summed E-state index contributed by atoms with van der Waals surface area (Å²) in [4.78, 5) is 19.2. The molecule has 4 heteroatoms. The summed E-state index contributed by atoms with van der Waals surface area (Å²) in [5, 5.41) is 1.04. The van der Waals surface area contributed by atoms with Gasteiger partial charge in [-0.15, -0.1) is 0 Å². The highest BCUT2D eigenvalue weighted by Crippen LogP contribution is 2.15. The SMILES string of the molecule is CCCCN(Cc1ccco1)C(=O)c1ccc2ccccc2n1. The molecule has 0 unspecified atom stereocenters. The van der Waals surface area contributed by atoms with Crippen molar-refractivity contribution >= 4 is 16.8 Å². The molecule has 23 heavy (non-hydrogen) atoms. The number of furan rings is 1. The van der Waals surface area contributed by atoms with E-state index >= 15 is 0 Å². The third kappa shape index (κ3) is 3.59. The molecule has 2 heterocycles. The van der Waals surface area contributed by atoms with Crippen LogP contribution in [0.15, 0.2) is 59.2 Å². The molecule has 0 atom stereocenters. The minimum Gasteiger partial charge on any atom is -0.467 e. The molecule has 3 aromatic rings. The summed E-state index contributed by atoms with van der Waals surface area (Å²) in [6, 6.07) is 15.3. The van der Waals surface area contributed by atoms with Gasteiger partial charge in [0.25, 0.3) is 5.91 Å². The predicted molar refractivity (Wildman–Crippen MR) is 90.1 cm³/mol. The topological polar surface area (TPSA) is 46.3 Å². The predicted octanol–water partition coefficient (Wildman–Crippen LogP) is 4.27. The summed E-state index contributed by atoms with van der Waals surface area (Å²) >= 11 is 0. The van der Waals surface area contributed by atoms with Crippen molar-refractivity contribution < 1.29 is 9.21 Å². The summed E-state index contributed by atoms with van der Waals surface area (Å²) < 4.78 is 5.39. The fourth-order valence-corrected chi connectivity index (χ4v) is 2.54. The Labute approximate surface area is 135 Å². The molecule has 0 bridgehead atoms. The van der Waals surface area contributed by atoms with Crippen LogP contribution in [0.5, 0.6) is 0 Å². The molecule has 3 rings (SSSR count). The van der Waals surface area contributed by atoms with Crippen molar-refractivity contribution in [2.45, 2.75) is 26.3 Å². The molecule has 2 aromatic heterocycles. The van der Waals surface area contributed by atoms with Crippen LogP contribution in [0.2, 0.25) is 0 Å². The maximum absolute atomic E-state index is 12.8. The smallest absolute Gasteiger partial charge is 0.272 e. The van der Waals surface area contributed by atoms with Crippen LogP contribution in [0.4, 0.5) is 0 Å². The Bertz CT molecular complexity index is 781. The number of carbonyl (C=O) groups excluding carboxylic acids is 1. The molecule has 0 radical (unpaired) electrons. The Morgan fingerprint density at radius 3 is 2.78 bits per heavy atom. The molecule has 0 aliphatic carbocycles. The van der Waals surface area contributed by atoms with E-state index in [1.54, 1.807) is 17.2 Å². The van der Waals surface area contributed by atoms with E-state index in [2.05, 4.69) is 11.9 Å². The van der Waals surface area contributed by atoms with Crippen molar-refractivity contribution in [2.24, 2.45) is 0 Å². The average molecular weight is 308 g/mol. The Morgan fingerprint density at radius 2 is 2.00 bits per heavy atom. The summed E-state index contributed by atoms with van der Waals surface area (Å²) in [7, 11) is 0. The van der Waals surface area contributed by atoms with Crippen molar-refractivity contribution in [2.75, 3.05) is 6.54 Å². The zero-order valence-electron chi connectivity index (χ0n) is 13.2. The largest absolute Gasteiger partial charge is 0.467 e. The number of para-hydroxylation sites is 1. The highest BCUT2D eigenvalue weighted by molar-refractivity contribution is 5.94. The minimum absolute atomic E-state index is 0.0550. The Morgan fingerprint density at radius 1 is 1.13 bits per heavy atom. The zero-order valence-corrected chi connectivity index (χ0v) is 13.2. The zero-order chi connectivity index (χ0) is 16.1. The number of hydrogen-bond acceptors (Lipinski definition) is 3. The van der Waals surface area contributed by atoms with Gasteiger partial charge in [-0.2, -0.15) is 0 Å². The van der Waals surface area contributed by atoms with Crippen molar-refractivity contribution in [3.05, 3.63) is 66.2 Å². The molecular formula is C19H20N2O2. The van der Waals surface area contributed by atoms with Crippen LogP contribution in [-0.2, 0) is 6.54 Å². The number of rotatable bonds is 6. The Kier molecular flexibility index (Phi) is 4.71. The van der Waals surface area contributed by atoms with Gasteiger partial charge in [-0.25, -0.2) is 4.98 Å². The maximum atomic E-state index is 12.8. The lowest BCUT2D eigenvalue weighted by molar-refractivity contribution is 0.0723. The summed E-state index contributed by atoms with van der Waals surface area (Å²) in [5.41, 5.74) is 1.32. The fraction of sp³-hybridized carbons (Fsp3) is 0.263. The second-order valence-corrected chi connectivity index (χ2v) is 5.55. The maximum Gasteiger partial charge on any atom is 0.272 e. The third-order valence-electron chi connectivity index (χ3n) is 3.81. The molecule has 1 amide bonds. The number of carbonyl (C=O) groups is 1. The summed E-state index contributed by atoms with van der Waals surface area (Å²) in [6.45, 7) is 3.29. The highest BCUT2D eigenvalue weighted by Gasteiger charge is 2.18. The van der Waals surface area contributed by atoms with Gasteiger partial charge in [0.1, 0.15) is 11.5 Å². The normalized spacial score (nSPS) is 10.8. The molecular weight excluding hydrogens is 288 g/mol. The second kappa shape index (κ2) is 7.09. The molecule has 118 valence electrons. The number of hydrogen-bond donors (Lipinski definition) is 0. The van der Waals surface area contributed by atoms with Crippen LogP contribution in [0.1, 0.15) is 36.0 Å². The molecule has 0 N–H and O–H groups in total. The van der Waals surface area contributed by atoms with Crippen molar-refractivity contribution in [3.63, 3.8) is 0 Å². The summed E-state index contributed by atoms with van der Waals surface area (Å²) in [5.74, 6) is 0.732. The number of amides is 1. The van der Waals surface area contributed by atoms with Gasteiger partial charge in [-0.1, -0.05) is 37.6 Å². The molecule has 1 aromatic carbocycles. The van der Waals surface area contributed by atoms with Crippen LogP contribution in [0, 0.1) is 0 Å². The van der Waals surface area contributed by atoms with E-state index in [-0.39, 0.29) is 5.91 Å². The number of unbranched alkanes of at least 4 members (excludes halogenated alkanes) is 1. The first-order valence-corrected chi connectivity index (χ1v) is 7.95. The van der Waals surface area contributed by atoms with Crippen LogP contribution < -0.4 is 0 Å². The lowest BCUT2D eigenvalue weighted by Gasteiger charge is -2.21. The number of pyridine rings is 1. The third-order valence-corrected chi connectivity index (χ3v) is 3.81. The number of nitrogens with zero attached hydrogens (tertiary/aromatic N) is 2. The van der Waals surface area contributed by atoms with Crippen LogP contribution in [0.25, 0.3) is 10.9 Å². The van der Waals surface area contributed by atoms with E-state index in [1.165, 1.54) is 0 Å². The first kappa shape index (κ1) is 15.3. The van der Waals surface area contributed by atoms with Gasteiger partial charge in [0.15, 0.2) is 0 Å². The van der Waals surface area contributed by atoms with E-state index in [1.807, 2.05) is 42.5 Å². The van der Waals surface area contributed by atoms with E-state index in [0.717, 1.165) is 29.5 Å². The van der Waals surface area contributed by atoms with Gasteiger partial charge in [0.05, 0.1) is 18.3 Å². The Balaban J connectivity index is 1.85. The van der Waals surface area contributed by atoms with Crippen LogP contribution in [-0.4, -0.2) is 22.3 Å². The molecule has 0 fully saturated rings. The number of aromatic nitrogens is 1. The van der Waals surface area contributed by atoms with Gasteiger partial charge in [0, 0.05) is 11.9 Å². The van der Waals surface area contributed by atoms with Gasteiger partial charge < -0.3 is 9.32 Å². The minimum atomic E-state index is -0.0550. The molecule has 0 aliphatic rings. The number of fused-ring (bicyclic) bond motifs is 1. The van der Waals surface area contributed by atoms with Gasteiger partial charge >= 0.3 is 0 Å². The van der Waals surface area contributed by atoms with E-state index in [0.29, 0.717) is 18.8 Å². The van der Waals surface area contributed by atoms with Crippen LogP contribution >= 0.6 is 0 Å². The first-order chi connectivity index (χ1) is 11.3. The molecule has 0 saturated heterocycles. The van der Waals surface area contributed by atoms with Crippen LogP contribution in [0.3, 0.4) is 0 Å². The monoisotopic (exact) mass is 308 g/mol. The van der Waals surface area contributed by atoms with Crippen molar-refractivity contribution in [3.8, 4) is 0 Å². The van der Waals surface area contributed by atoms with Gasteiger partial charge in [-0.3, -0.25) is 4.79 Å². The average Bonchev–Trinajstić information content (AvgIpc) is 3.10. The van der Waals surface area contributed by atoms with Crippen molar-refractivity contribution in [1.82, 2.24) is 9.88 Å². The number of benzene rings is 1. The lowest BCUT2D eigenvalue weighted by Crippen LogP contribution is -2.32. The fourth-order valence-electron chi connectivity index (χ4n) is 2.54. The quantitative estimate of drug-likeness (QED) is 0.683. The molecule has 4 nitrogen and oxygen atoms in total. The second-order valence-electron chi connectivity index (χ2n) is 5.55. The molecule has 0 saturated carbocycles. The summed E-state index contributed by atoms with van der Waals surface area (Å²) in [6.07, 6.45) is 3.62. The molecule has 0 spiro atoms. The van der Waals surface area contributed by atoms with E-state index < -0.39 is 0 Å². The highest BCUT2D eigenvalue weighted by atomic mass is 16.3. The van der Waals surface area contributed by atoms with Gasteiger partial charge in [0.2, 0.25) is 0 Å². The van der Waals surface area contributed by atoms with E-state index in [4.69, 9.17) is 4.42 Å². The lowest BCUT2D eigenvalue weighted by atomic mass is 10.2. The standard InChI is InChI=1S/C19H20N2O2/c1-2-3-12-21(14-16-8-6-13-23-16)19(22)18-11-10-15-7-4-5-9-17(15)20-18/h4-11,13H,2-3,12,14H2,1H3.